The third-order valence-corrected chi connectivity index (χ3v) is 6.72. The summed E-state index contributed by atoms with van der Waals surface area (Å²) in [6.45, 7) is 9.37. The molecule has 1 amide bonds. The summed E-state index contributed by atoms with van der Waals surface area (Å²) >= 11 is 0. The Morgan fingerprint density at radius 1 is 1.22 bits per heavy atom. The van der Waals surface area contributed by atoms with Gasteiger partial charge in [-0.2, -0.15) is 5.10 Å². The van der Waals surface area contributed by atoms with Crippen molar-refractivity contribution in [3.63, 3.8) is 0 Å². The third kappa shape index (κ3) is 2.97. The van der Waals surface area contributed by atoms with E-state index in [1.807, 2.05) is 17.9 Å². The molecule has 1 unspecified atom stereocenters. The molecule has 0 aromatic carbocycles. The molecule has 0 radical (unpaired) electrons. The molecule has 2 aliphatic rings. The van der Waals surface area contributed by atoms with Crippen molar-refractivity contribution in [1.82, 2.24) is 29.4 Å². The molecule has 3 heterocycles. The Bertz CT molecular complexity index is 816. The first-order valence-electron chi connectivity index (χ1n) is 10.3. The van der Waals surface area contributed by atoms with Crippen molar-refractivity contribution in [3.8, 4) is 0 Å². The fourth-order valence-corrected chi connectivity index (χ4v) is 5.16. The Morgan fingerprint density at radius 2 is 2.00 bits per heavy atom. The summed E-state index contributed by atoms with van der Waals surface area (Å²) in [5.74, 6) is 1.43. The van der Waals surface area contributed by atoms with Gasteiger partial charge >= 0.3 is 0 Å². The average molecular weight is 371 g/mol. The lowest BCUT2D eigenvalue weighted by Gasteiger charge is -2.37. The molecular formula is C20H30N6O. The molecule has 7 nitrogen and oxygen atoms in total. The van der Waals surface area contributed by atoms with Gasteiger partial charge in [0.05, 0.1) is 11.8 Å². The molecule has 1 aliphatic heterocycles. The van der Waals surface area contributed by atoms with Gasteiger partial charge in [0, 0.05) is 37.8 Å². The van der Waals surface area contributed by atoms with Gasteiger partial charge in [0.15, 0.2) is 0 Å². The third-order valence-electron chi connectivity index (χ3n) is 6.72. The summed E-state index contributed by atoms with van der Waals surface area (Å²) in [7, 11) is 0. The molecule has 1 saturated heterocycles. The molecule has 1 aliphatic carbocycles. The van der Waals surface area contributed by atoms with Gasteiger partial charge in [-0.1, -0.05) is 19.3 Å². The number of hydrogen-bond donors (Lipinski definition) is 0. The highest BCUT2D eigenvalue weighted by Crippen LogP contribution is 2.51. The zero-order chi connectivity index (χ0) is 19.0. The maximum Gasteiger partial charge on any atom is 0.257 e. The first kappa shape index (κ1) is 18.2. The summed E-state index contributed by atoms with van der Waals surface area (Å²) in [5.41, 5.74) is 1.84. The Labute approximate surface area is 160 Å². The maximum atomic E-state index is 13.3. The van der Waals surface area contributed by atoms with Crippen LogP contribution in [0.4, 0.5) is 0 Å². The SMILES string of the molecule is CCn1cnnc1C1CN(C(=O)c2cnn(CC)c2C)CC12CCCCC2. The number of carbonyl (C=O) groups is 1. The Kier molecular flexibility index (Phi) is 4.78. The van der Waals surface area contributed by atoms with Crippen LogP contribution in [0, 0.1) is 12.3 Å². The van der Waals surface area contributed by atoms with Crippen LogP contribution in [0.5, 0.6) is 0 Å². The molecule has 1 saturated carbocycles. The Hall–Kier alpha value is -2.18. The van der Waals surface area contributed by atoms with E-state index in [0.717, 1.165) is 43.3 Å². The highest BCUT2D eigenvalue weighted by atomic mass is 16.2. The molecule has 1 spiro atoms. The van der Waals surface area contributed by atoms with E-state index < -0.39 is 0 Å². The fourth-order valence-electron chi connectivity index (χ4n) is 5.16. The summed E-state index contributed by atoms with van der Waals surface area (Å²) in [6, 6.07) is 0. The lowest BCUT2D eigenvalue weighted by Crippen LogP contribution is -2.34. The monoisotopic (exact) mass is 370 g/mol. The molecule has 27 heavy (non-hydrogen) atoms. The molecular weight excluding hydrogens is 340 g/mol. The van der Waals surface area contributed by atoms with Crippen molar-refractivity contribution in [2.24, 2.45) is 5.41 Å². The Balaban J connectivity index is 1.66. The second kappa shape index (κ2) is 7.09. The summed E-state index contributed by atoms with van der Waals surface area (Å²) < 4.78 is 4.04. The van der Waals surface area contributed by atoms with Crippen molar-refractivity contribution in [2.45, 2.75) is 71.9 Å². The standard InChI is InChI=1S/C20H30N6O/c1-4-24-14-21-23-18(24)17-12-25(13-20(17)9-7-6-8-10-20)19(27)16-11-22-26(5-2)15(16)3/h11,14,17H,4-10,12-13H2,1-3H3. The van der Waals surface area contributed by atoms with Crippen LogP contribution in [-0.4, -0.2) is 48.4 Å². The molecule has 1 atom stereocenters. The largest absolute Gasteiger partial charge is 0.337 e. The highest BCUT2D eigenvalue weighted by Gasteiger charge is 2.50. The predicted molar refractivity (Wildman–Crippen MR) is 102 cm³/mol. The summed E-state index contributed by atoms with van der Waals surface area (Å²) in [5, 5.41) is 13.0. The van der Waals surface area contributed by atoms with Gasteiger partial charge in [-0.3, -0.25) is 9.48 Å². The second-order valence-corrected chi connectivity index (χ2v) is 8.10. The number of hydrogen-bond acceptors (Lipinski definition) is 4. The number of nitrogens with zero attached hydrogens (tertiary/aromatic N) is 6. The lowest BCUT2D eigenvalue weighted by molar-refractivity contribution is 0.0757. The number of carbonyl (C=O) groups excluding carboxylic acids is 1. The average Bonchev–Trinajstić information content (AvgIpc) is 3.38. The van der Waals surface area contributed by atoms with Gasteiger partial charge < -0.3 is 9.47 Å². The van der Waals surface area contributed by atoms with Crippen molar-refractivity contribution in [2.75, 3.05) is 13.1 Å². The van der Waals surface area contributed by atoms with Gasteiger partial charge in [0.2, 0.25) is 0 Å². The van der Waals surface area contributed by atoms with E-state index in [9.17, 15) is 4.79 Å². The number of amides is 1. The van der Waals surface area contributed by atoms with E-state index in [-0.39, 0.29) is 17.2 Å². The lowest BCUT2D eigenvalue weighted by atomic mass is 9.67. The first-order valence-corrected chi connectivity index (χ1v) is 10.3. The van der Waals surface area contributed by atoms with E-state index >= 15 is 0 Å². The minimum atomic E-state index is 0.113. The van der Waals surface area contributed by atoms with Crippen LogP contribution in [0.15, 0.2) is 12.5 Å². The predicted octanol–water partition coefficient (Wildman–Crippen LogP) is 3.01. The van der Waals surface area contributed by atoms with Crippen molar-refractivity contribution in [3.05, 3.63) is 29.6 Å². The van der Waals surface area contributed by atoms with Crippen molar-refractivity contribution < 1.29 is 4.79 Å². The van der Waals surface area contributed by atoms with Crippen molar-refractivity contribution in [1.29, 1.82) is 0 Å². The van der Waals surface area contributed by atoms with E-state index in [1.165, 1.54) is 32.1 Å². The molecule has 146 valence electrons. The zero-order valence-corrected chi connectivity index (χ0v) is 16.7. The molecule has 0 N–H and O–H groups in total. The number of aromatic nitrogens is 5. The minimum absolute atomic E-state index is 0.113. The van der Waals surface area contributed by atoms with Crippen LogP contribution in [0.3, 0.4) is 0 Å². The zero-order valence-electron chi connectivity index (χ0n) is 16.7. The molecule has 2 aromatic heterocycles. The maximum absolute atomic E-state index is 13.3. The van der Waals surface area contributed by atoms with E-state index in [0.29, 0.717) is 0 Å². The second-order valence-electron chi connectivity index (χ2n) is 8.10. The summed E-state index contributed by atoms with van der Waals surface area (Å²) in [6.07, 6.45) is 9.68. The molecule has 7 heteroatoms. The fraction of sp³-hybridized carbons (Fsp3) is 0.700. The van der Waals surface area contributed by atoms with Gasteiger partial charge in [0.25, 0.3) is 5.91 Å². The van der Waals surface area contributed by atoms with Crippen molar-refractivity contribution >= 4 is 5.91 Å². The molecule has 0 bridgehead atoms. The molecule has 4 rings (SSSR count). The van der Waals surface area contributed by atoms with Crippen LogP contribution in [0.1, 0.15) is 73.7 Å². The first-order chi connectivity index (χ1) is 13.1. The number of aryl methyl sites for hydroxylation is 2. The van der Waals surface area contributed by atoms with E-state index in [4.69, 9.17) is 0 Å². The number of likely N-dealkylation sites (tertiary alicyclic amines) is 1. The number of rotatable bonds is 4. The van der Waals surface area contributed by atoms with Gasteiger partial charge in [-0.25, -0.2) is 0 Å². The van der Waals surface area contributed by atoms with Crippen LogP contribution in [0.25, 0.3) is 0 Å². The van der Waals surface area contributed by atoms with Crippen LogP contribution in [-0.2, 0) is 13.1 Å². The minimum Gasteiger partial charge on any atom is -0.337 e. The van der Waals surface area contributed by atoms with Gasteiger partial charge in [-0.15, -0.1) is 10.2 Å². The van der Waals surface area contributed by atoms with E-state index in [1.54, 1.807) is 6.20 Å². The quantitative estimate of drug-likeness (QED) is 0.830. The van der Waals surface area contributed by atoms with Crippen LogP contribution >= 0.6 is 0 Å². The Morgan fingerprint density at radius 3 is 2.67 bits per heavy atom. The van der Waals surface area contributed by atoms with E-state index in [2.05, 4.69) is 38.6 Å². The summed E-state index contributed by atoms with van der Waals surface area (Å²) in [4.78, 5) is 15.4. The topological polar surface area (TPSA) is 68.8 Å². The van der Waals surface area contributed by atoms with Gasteiger partial charge in [0.1, 0.15) is 12.2 Å². The molecule has 2 fully saturated rings. The molecule has 2 aromatic rings. The van der Waals surface area contributed by atoms with Crippen LogP contribution < -0.4 is 0 Å². The van der Waals surface area contributed by atoms with Gasteiger partial charge in [-0.05, 0) is 39.0 Å². The normalized spacial score (nSPS) is 21.9. The smallest absolute Gasteiger partial charge is 0.257 e. The highest BCUT2D eigenvalue weighted by molar-refractivity contribution is 5.95. The van der Waals surface area contributed by atoms with Crippen LogP contribution in [0.2, 0.25) is 0 Å².